The first kappa shape index (κ1) is 14.8. The average Bonchev–Trinajstić information content (AvgIpc) is 2.49. The first-order valence-electron chi connectivity index (χ1n) is 6.68. The van der Waals surface area contributed by atoms with Crippen LogP contribution < -0.4 is 9.47 Å². The van der Waals surface area contributed by atoms with E-state index in [2.05, 4.69) is 15.9 Å². The van der Waals surface area contributed by atoms with E-state index < -0.39 is 6.10 Å². The number of hydrogen-bond donors (Lipinski definition) is 1. The minimum Gasteiger partial charge on any atom is -0.486 e. The molecule has 0 saturated heterocycles. The van der Waals surface area contributed by atoms with Crippen LogP contribution in [0.5, 0.6) is 11.5 Å². The molecule has 0 saturated carbocycles. The Kier molecular flexibility index (Phi) is 4.42. The second-order valence-corrected chi connectivity index (χ2v) is 6.80. The highest BCUT2D eigenvalue weighted by molar-refractivity contribution is 9.10. The number of aliphatic hydroxyl groups is 1. The van der Waals surface area contributed by atoms with E-state index in [0.717, 1.165) is 31.3 Å². The van der Waals surface area contributed by atoms with Crippen LogP contribution in [-0.2, 0) is 0 Å². The van der Waals surface area contributed by atoms with Crippen molar-refractivity contribution in [2.75, 3.05) is 13.2 Å². The van der Waals surface area contributed by atoms with E-state index in [9.17, 15) is 5.11 Å². The fourth-order valence-electron chi connectivity index (χ4n) is 2.15. The van der Waals surface area contributed by atoms with Gasteiger partial charge in [-0.15, -0.1) is 0 Å². The summed E-state index contributed by atoms with van der Waals surface area (Å²) in [6.07, 6.45) is -0.512. The molecule has 1 N–H and O–H groups in total. The van der Waals surface area contributed by atoms with Crippen LogP contribution >= 0.6 is 27.7 Å². The first-order chi connectivity index (χ1) is 10.1. The molecule has 0 fully saturated rings. The highest BCUT2D eigenvalue weighted by atomic mass is 79.9. The molecule has 1 aliphatic heterocycles. The minimum atomic E-state index is -0.512. The van der Waals surface area contributed by atoms with Gasteiger partial charge in [0.2, 0.25) is 0 Å². The number of aliphatic hydroxyl groups excluding tert-OH is 1. The van der Waals surface area contributed by atoms with Gasteiger partial charge in [0.15, 0.2) is 11.5 Å². The molecular formula is C16H15BrO3S. The van der Waals surface area contributed by atoms with Crippen molar-refractivity contribution in [1.82, 2.24) is 0 Å². The lowest BCUT2D eigenvalue weighted by molar-refractivity contribution is 0.171. The van der Waals surface area contributed by atoms with Crippen molar-refractivity contribution in [2.45, 2.75) is 22.8 Å². The summed E-state index contributed by atoms with van der Waals surface area (Å²) in [5.41, 5.74) is 0.907. The molecule has 0 radical (unpaired) electrons. The summed E-state index contributed by atoms with van der Waals surface area (Å²) in [4.78, 5) is 2.09. The van der Waals surface area contributed by atoms with Crippen LogP contribution in [0.3, 0.4) is 0 Å². The van der Waals surface area contributed by atoms with Gasteiger partial charge >= 0.3 is 0 Å². The maximum absolute atomic E-state index is 9.92. The Morgan fingerprint density at radius 2 is 1.86 bits per heavy atom. The van der Waals surface area contributed by atoms with Crippen molar-refractivity contribution < 1.29 is 14.6 Å². The van der Waals surface area contributed by atoms with Gasteiger partial charge in [-0.1, -0.05) is 27.7 Å². The van der Waals surface area contributed by atoms with E-state index in [-0.39, 0.29) is 0 Å². The Morgan fingerprint density at radius 3 is 2.62 bits per heavy atom. The van der Waals surface area contributed by atoms with Crippen LogP contribution in [0, 0.1) is 0 Å². The first-order valence-corrected chi connectivity index (χ1v) is 8.29. The van der Waals surface area contributed by atoms with E-state index in [0.29, 0.717) is 13.2 Å². The van der Waals surface area contributed by atoms with Gasteiger partial charge < -0.3 is 14.6 Å². The molecule has 1 heterocycles. The van der Waals surface area contributed by atoms with Gasteiger partial charge in [-0.2, -0.15) is 0 Å². The summed E-state index contributed by atoms with van der Waals surface area (Å²) in [6.45, 7) is 2.95. The maximum atomic E-state index is 9.92. The Hall–Kier alpha value is -1.17. The number of rotatable bonds is 3. The highest BCUT2D eigenvalue weighted by Gasteiger charge is 2.14. The van der Waals surface area contributed by atoms with Gasteiger partial charge in [0.25, 0.3) is 0 Å². The van der Waals surface area contributed by atoms with Crippen molar-refractivity contribution >= 4 is 27.7 Å². The molecule has 1 atom stereocenters. The molecule has 0 amide bonds. The molecule has 5 heteroatoms. The zero-order valence-corrected chi connectivity index (χ0v) is 13.9. The lowest BCUT2D eigenvalue weighted by Gasteiger charge is -2.19. The van der Waals surface area contributed by atoms with E-state index in [4.69, 9.17) is 9.47 Å². The van der Waals surface area contributed by atoms with Crippen molar-refractivity contribution in [3.63, 3.8) is 0 Å². The van der Waals surface area contributed by atoms with Gasteiger partial charge in [0, 0.05) is 14.3 Å². The summed E-state index contributed by atoms with van der Waals surface area (Å²) < 4.78 is 12.1. The zero-order valence-electron chi connectivity index (χ0n) is 11.5. The summed E-state index contributed by atoms with van der Waals surface area (Å²) >= 11 is 5.05. The van der Waals surface area contributed by atoms with Crippen molar-refractivity contribution in [3.8, 4) is 11.5 Å². The highest BCUT2D eigenvalue weighted by Crippen LogP contribution is 2.39. The largest absolute Gasteiger partial charge is 0.486 e. The fraction of sp³-hybridized carbons (Fsp3) is 0.250. The lowest BCUT2D eigenvalue weighted by Crippen LogP contribution is -2.15. The summed E-state index contributed by atoms with van der Waals surface area (Å²) in [7, 11) is 0. The van der Waals surface area contributed by atoms with E-state index in [1.54, 1.807) is 18.7 Å². The number of hydrogen-bond acceptors (Lipinski definition) is 4. The Balaban J connectivity index is 1.90. The Labute approximate surface area is 136 Å². The molecule has 2 aromatic carbocycles. The normalized spacial score (nSPS) is 14.8. The van der Waals surface area contributed by atoms with Crippen molar-refractivity contribution in [3.05, 3.63) is 46.4 Å². The quantitative estimate of drug-likeness (QED) is 0.872. The van der Waals surface area contributed by atoms with Crippen LogP contribution in [0.25, 0.3) is 0 Å². The van der Waals surface area contributed by atoms with Crippen LogP contribution in [0.1, 0.15) is 18.6 Å². The van der Waals surface area contributed by atoms with Gasteiger partial charge in [0.05, 0.1) is 6.10 Å². The second-order valence-electron chi connectivity index (χ2n) is 4.77. The third-order valence-electron chi connectivity index (χ3n) is 3.16. The fourth-order valence-corrected chi connectivity index (χ4v) is 3.57. The minimum absolute atomic E-state index is 0.512. The third-order valence-corrected chi connectivity index (χ3v) is 4.74. The number of ether oxygens (including phenoxy) is 2. The topological polar surface area (TPSA) is 38.7 Å². The monoisotopic (exact) mass is 366 g/mol. The molecule has 3 rings (SSSR count). The Morgan fingerprint density at radius 1 is 1.10 bits per heavy atom. The van der Waals surface area contributed by atoms with Gasteiger partial charge in [-0.3, -0.25) is 0 Å². The molecule has 110 valence electrons. The zero-order chi connectivity index (χ0) is 14.8. The van der Waals surface area contributed by atoms with Gasteiger partial charge in [0.1, 0.15) is 13.2 Å². The van der Waals surface area contributed by atoms with E-state index >= 15 is 0 Å². The predicted molar refractivity (Wildman–Crippen MR) is 86.3 cm³/mol. The molecule has 0 aliphatic carbocycles. The number of halogens is 1. The van der Waals surface area contributed by atoms with Crippen LogP contribution in [0.4, 0.5) is 0 Å². The molecular weight excluding hydrogens is 352 g/mol. The second kappa shape index (κ2) is 6.30. The van der Waals surface area contributed by atoms with Crippen molar-refractivity contribution in [2.24, 2.45) is 0 Å². The molecule has 0 aromatic heterocycles. The standard InChI is InChI=1S/C16H15BrO3S/c1-10(18)13-8-11(17)2-5-16(13)21-12-3-4-14-15(9-12)20-7-6-19-14/h2-5,8-10,18H,6-7H2,1H3. The molecule has 0 bridgehead atoms. The molecule has 1 aliphatic rings. The van der Waals surface area contributed by atoms with Gasteiger partial charge in [-0.25, -0.2) is 0 Å². The van der Waals surface area contributed by atoms with Crippen LogP contribution in [0.2, 0.25) is 0 Å². The van der Waals surface area contributed by atoms with Crippen molar-refractivity contribution in [1.29, 1.82) is 0 Å². The van der Waals surface area contributed by atoms with Crippen LogP contribution in [-0.4, -0.2) is 18.3 Å². The summed E-state index contributed by atoms with van der Waals surface area (Å²) in [5.74, 6) is 1.57. The number of fused-ring (bicyclic) bond motifs is 1. The molecule has 2 aromatic rings. The molecule has 0 spiro atoms. The lowest BCUT2D eigenvalue weighted by atomic mass is 10.1. The molecule has 21 heavy (non-hydrogen) atoms. The van der Waals surface area contributed by atoms with Crippen LogP contribution in [0.15, 0.2) is 50.7 Å². The predicted octanol–water partition coefficient (Wildman–Crippen LogP) is 4.42. The maximum Gasteiger partial charge on any atom is 0.162 e. The number of benzene rings is 2. The van der Waals surface area contributed by atoms with Gasteiger partial charge in [-0.05, 0) is 48.9 Å². The van der Waals surface area contributed by atoms with E-state index in [1.165, 1.54) is 0 Å². The summed E-state index contributed by atoms with van der Waals surface area (Å²) in [5, 5.41) is 9.92. The smallest absolute Gasteiger partial charge is 0.162 e. The third kappa shape index (κ3) is 3.36. The Bertz CT molecular complexity index is 658. The van der Waals surface area contributed by atoms with E-state index in [1.807, 2.05) is 36.4 Å². The average molecular weight is 367 g/mol. The molecule has 3 nitrogen and oxygen atoms in total. The SMILES string of the molecule is CC(O)c1cc(Br)ccc1Sc1ccc2c(c1)OCCO2. The molecule has 1 unspecified atom stereocenters. The summed E-state index contributed by atoms with van der Waals surface area (Å²) in [6, 6.07) is 11.8.